The third-order valence-electron chi connectivity index (χ3n) is 1.90. The van der Waals surface area contributed by atoms with Gasteiger partial charge in [-0.05, 0) is 11.8 Å². The monoisotopic (exact) mass is 215 g/mol. The Bertz CT molecular complexity index is 243. The first kappa shape index (κ1) is 13.7. The minimum atomic E-state index is -0.0778. The van der Waals surface area contributed by atoms with Gasteiger partial charge in [0.25, 0.3) is 0 Å². The summed E-state index contributed by atoms with van der Waals surface area (Å²) in [4.78, 5) is 7.71. The number of hydrogen-bond acceptors (Lipinski definition) is 2. The number of methoxy groups -OCH3 is 1. The summed E-state index contributed by atoms with van der Waals surface area (Å²) in [5.74, 6) is 0.0337. The van der Waals surface area contributed by atoms with Gasteiger partial charge in [0.1, 0.15) is 0 Å². The van der Waals surface area contributed by atoms with Crippen LogP contribution in [0.25, 0.3) is 0 Å². The van der Waals surface area contributed by atoms with Gasteiger partial charge in [-0.2, -0.15) is 4.99 Å². The summed E-state index contributed by atoms with van der Waals surface area (Å²) in [7, 11) is 1.67. The fourth-order valence-electron chi connectivity index (χ4n) is 0.920. The molecule has 6 heteroatoms. The van der Waals surface area contributed by atoms with Crippen molar-refractivity contribution in [3.63, 3.8) is 0 Å². The minimum Gasteiger partial charge on any atom is -0.385 e. The predicted octanol–water partition coefficient (Wildman–Crippen LogP) is -0.363. The first-order chi connectivity index (χ1) is 6.87. The van der Waals surface area contributed by atoms with Crippen LogP contribution < -0.4 is 17.2 Å². The van der Waals surface area contributed by atoms with Gasteiger partial charge in [-0.15, -0.1) is 0 Å². The molecule has 0 saturated carbocycles. The number of aliphatic imine (C=N–C) groups is 2. The molecule has 15 heavy (non-hydrogen) atoms. The summed E-state index contributed by atoms with van der Waals surface area (Å²) >= 11 is 0. The smallest absolute Gasteiger partial charge is 0.218 e. The van der Waals surface area contributed by atoms with Crippen molar-refractivity contribution in [2.45, 2.75) is 20.3 Å². The van der Waals surface area contributed by atoms with Crippen LogP contribution in [0.1, 0.15) is 20.3 Å². The van der Waals surface area contributed by atoms with E-state index in [1.807, 2.05) is 0 Å². The van der Waals surface area contributed by atoms with E-state index in [0.29, 0.717) is 13.2 Å². The van der Waals surface area contributed by atoms with E-state index in [1.165, 1.54) is 0 Å². The quantitative estimate of drug-likeness (QED) is 0.429. The van der Waals surface area contributed by atoms with Crippen molar-refractivity contribution in [3.8, 4) is 0 Å². The first-order valence-electron chi connectivity index (χ1n) is 4.76. The fourth-order valence-corrected chi connectivity index (χ4v) is 0.920. The molecule has 0 unspecified atom stereocenters. The highest BCUT2D eigenvalue weighted by Gasteiger charge is 2.16. The number of guanidine groups is 2. The van der Waals surface area contributed by atoms with Crippen molar-refractivity contribution in [1.29, 1.82) is 0 Å². The van der Waals surface area contributed by atoms with Crippen molar-refractivity contribution in [2.75, 3.05) is 20.3 Å². The molecule has 0 aliphatic heterocycles. The fraction of sp³-hybridized carbons (Fsp3) is 0.778. The summed E-state index contributed by atoms with van der Waals surface area (Å²) in [6, 6.07) is 0. The summed E-state index contributed by atoms with van der Waals surface area (Å²) < 4.78 is 5.00. The number of nitrogens with two attached hydrogens (primary N) is 3. The zero-order valence-corrected chi connectivity index (χ0v) is 9.66. The molecular weight excluding hydrogens is 194 g/mol. The average Bonchev–Trinajstić information content (AvgIpc) is 2.11. The van der Waals surface area contributed by atoms with Crippen molar-refractivity contribution in [3.05, 3.63) is 0 Å². The summed E-state index contributed by atoms with van der Waals surface area (Å²) in [5, 5.41) is 0. The largest absolute Gasteiger partial charge is 0.385 e. The Labute approximate surface area is 90.6 Å². The van der Waals surface area contributed by atoms with Crippen LogP contribution in [-0.2, 0) is 4.74 Å². The third-order valence-corrected chi connectivity index (χ3v) is 1.90. The second-order valence-corrected chi connectivity index (χ2v) is 4.12. The van der Waals surface area contributed by atoms with E-state index >= 15 is 0 Å². The number of rotatable bonds is 5. The Kier molecular flexibility index (Phi) is 5.69. The number of ether oxygens (including phenoxy) is 1. The van der Waals surface area contributed by atoms with Crippen LogP contribution >= 0.6 is 0 Å². The summed E-state index contributed by atoms with van der Waals surface area (Å²) in [6.07, 6.45) is 0.905. The second-order valence-electron chi connectivity index (χ2n) is 4.12. The van der Waals surface area contributed by atoms with Crippen LogP contribution in [-0.4, -0.2) is 32.2 Å². The highest BCUT2D eigenvalue weighted by Crippen LogP contribution is 2.20. The standard InChI is InChI=1S/C9H21N5O/c1-9(2,4-5-15-3)6-13-8(12)14-7(10)11/h4-6H2,1-3H3,(H6,10,11,12,13,14). The van der Waals surface area contributed by atoms with Crippen LogP contribution in [0.3, 0.4) is 0 Å². The van der Waals surface area contributed by atoms with Gasteiger partial charge in [0.05, 0.1) is 0 Å². The lowest BCUT2D eigenvalue weighted by Gasteiger charge is -2.21. The highest BCUT2D eigenvalue weighted by atomic mass is 16.5. The predicted molar refractivity (Wildman–Crippen MR) is 62.6 cm³/mol. The maximum absolute atomic E-state index is 5.48. The van der Waals surface area contributed by atoms with E-state index in [0.717, 1.165) is 6.42 Å². The molecule has 0 amide bonds. The molecule has 0 rings (SSSR count). The minimum absolute atomic E-state index is 0.0273. The van der Waals surface area contributed by atoms with E-state index in [2.05, 4.69) is 23.8 Å². The zero-order chi connectivity index (χ0) is 11.9. The van der Waals surface area contributed by atoms with Gasteiger partial charge < -0.3 is 21.9 Å². The molecule has 0 atom stereocenters. The Morgan fingerprint density at radius 2 is 1.87 bits per heavy atom. The van der Waals surface area contributed by atoms with Crippen LogP contribution in [0, 0.1) is 5.41 Å². The molecule has 88 valence electrons. The van der Waals surface area contributed by atoms with E-state index in [9.17, 15) is 0 Å². The number of hydrogen-bond donors (Lipinski definition) is 3. The Balaban J connectivity index is 4.17. The third kappa shape index (κ3) is 7.75. The van der Waals surface area contributed by atoms with E-state index < -0.39 is 0 Å². The van der Waals surface area contributed by atoms with Crippen molar-refractivity contribution in [2.24, 2.45) is 32.6 Å². The van der Waals surface area contributed by atoms with E-state index in [4.69, 9.17) is 21.9 Å². The number of nitrogens with zero attached hydrogens (tertiary/aromatic N) is 2. The Morgan fingerprint density at radius 1 is 1.27 bits per heavy atom. The molecule has 0 saturated heterocycles. The Morgan fingerprint density at radius 3 is 2.33 bits per heavy atom. The maximum Gasteiger partial charge on any atom is 0.218 e. The molecule has 0 aromatic heterocycles. The van der Waals surface area contributed by atoms with E-state index in [1.54, 1.807) is 7.11 Å². The van der Waals surface area contributed by atoms with Gasteiger partial charge in [0, 0.05) is 20.3 Å². The Hall–Kier alpha value is -1.30. The van der Waals surface area contributed by atoms with Crippen molar-refractivity contribution in [1.82, 2.24) is 0 Å². The molecule has 0 aromatic rings. The molecule has 0 fully saturated rings. The summed E-state index contributed by atoms with van der Waals surface area (Å²) in [6.45, 7) is 5.43. The molecule has 0 heterocycles. The van der Waals surface area contributed by atoms with Crippen molar-refractivity contribution >= 4 is 11.9 Å². The highest BCUT2D eigenvalue weighted by molar-refractivity contribution is 5.92. The van der Waals surface area contributed by atoms with Gasteiger partial charge >= 0.3 is 0 Å². The van der Waals surface area contributed by atoms with Gasteiger partial charge in [0.2, 0.25) is 5.96 Å². The molecule has 0 aliphatic carbocycles. The van der Waals surface area contributed by atoms with Gasteiger partial charge in [-0.25, -0.2) is 0 Å². The van der Waals surface area contributed by atoms with Gasteiger partial charge in [0.15, 0.2) is 5.96 Å². The van der Waals surface area contributed by atoms with Crippen LogP contribution in [0.15, 0.2) is 9.98 Å². The van der Waals surface area contributed by atoms with Crippen LogP contribution in [0.5, 0.6) is 0 Å². The van der Waals surface area contributed by atoms with Gasteiger partial charge in [-0.3, -0.25) is 4.99 Å². The maximum atomic E-state index is 5.48. The SMILES string of the molecule is COCCC(C)(C)CN=C(N)N=C(N)N. The normalized spacial score (nSPS) is 12.6. The average molecular weight is 215 g/mol. The molecule has 6 nitrogen and oxygen atoms in total. The first-order valence-corrected chi connectivity index (χ1v) is 4.76. The molecule has 0 aromatic carbocycles. The molecule has 6 N–H and O–H groups in total. The lowest BCUT2D eigenvalue weighted by molar-refractivity contribution is 0.155. The molecule has 0 bridgehead atoms. The van der Waals surface area contributed by atoms with E-state index in [-0.39, 0.29) is 17.3 Å². The lowest BCUT2D eigenvalue weighted by Crippen LogP contribution is -2.27. The zero-order valence-electron chi connectivity index (χ0n) is 9.66. The molecule has 0 spiro atoms. The van der Waals surface area contributed by atoms with Crippen LogP contribution in [0.4, 0.5) is 0 Å². The van der Waals surface area contributed by atoms with Crippen LogP contribution in [0.2, 0.25) is 0 Å². The summed E-state index contributed by atoms with van der Waals surface area (Å²) in [5.41, 5.74) is 15.8. The topological polar surface area (TPSA) is 112 Å². The second kappa shape index (κ2) is 6.23. The lowest BCUT2D eigenvalue weighted by atomic mass is 9.90. The van der Waals surface area contributed by atoms with Gasteiger partial charge in [-0.1, -0.05) is 13.8 Å². The molecule has 0 radical (unpaired) electrons. The van der Waals surface area contributed by atoms with Crippen molar-refractivity contribution < 1.29 is 4.74 Å². The molecule has 0 aliphatic rings. The molecular formula is C9H21N5O.